The number of benzene rings is 1. The molecule has 2 aromatic heterocycles. The molecule has 4 rings (SSSR count). The number of ether oxygens (including phenoxy) is 1. The summed E-state index contributed by atoms with van der Waals surface area (Å²) in [6.07, 6.45) is 9.40. The number of allylic oxidation sites excluding steroid dienone is 2. The van der Waals surface area contributed by atoms with Crippen molar-refractivity contribution in [1.29, 1.82) is 0 Å². The Morgan fingerprint density at radius 2 is 1.91 bits per heavy atom. The Labute approximate surface area is 254 Å². The zero-order chi connectivity index (χ0) is 31.6. The molecule has 6 N–H and O–H groups in total. The summed E-state index contributed by atoms with van der Waals surface area (Å²) in [4.78, 5) is 55.9. The van der Waals surface area contributed by atoms with Gasteiger partial charge < -0.3 is 30.9 Å². The number of aromatic nitrogens is 4. The van der Waals surface area contributed by atoms with E-state index in [-0.39, 0.29) is 53.2 Å². The molecule has 0 spiro atoms. The maximum Gasteiger partial charge on any atom is 0.413 e. The van der Waals surface area contributed by atoms with Gasteiger partial charge >= 0.3 is 12.1 Å². The molecule has 0 aliphatic heterocycles. The van der Waals surface area contributed by atoms with Crippen LogP contribution in [0.4, 0.5) is 22.2 Å². The second-order valence-corrected chi connectivity index (χ2v) is 10.5. The molecule has 2 heterocycles. The number of carboxylic acids is 1. The minimum atomic E-state index is -1.21. The van der Waals surface area contributed by atoms with Gasteiger partial charge in [0.2, 0.25) is 5.95 Å². The number of rotatable bonds is 11. The van der Waals surface area contributed by atoms with Gasteiger partial charge in [0.15, 0.2) is 17.0 Å². The number of nitrogen functional groups attached to an aromatic ring is 1. The van der Waals surface area contributed by atoms with Crippen molar-refractivity contribution in [2.45, 2.75) is 63.6 Å². The van der Waals surface area contributed by atoms with Crippen molar-refractivity contribution in [2.24, 2.45) is 0 Å². The first-order chi connectivity index (χ1) is 21.1. The third-order valence-corrected chi connectivity index (χ3v) is 6.96. The standard InChI is InChI=1S/C30H36N8O6/c1-18(39)10-15-23(28(41)42)34-27(40)19-11-13-21(14-12-19)38(2)17-20-16-32-25-24(33-20)26(36-29(31)35-25)37-30(43)44-22-8-6-4-3-5-7-9-22/h6,8,11-14,16,22-23,39H,1,3-5,7,9-10,15,17H2,2H3,(H,34,40)(H,41,42)(H3,31,32,35,36,37,43)/b8-6+/t22?,23-/m0/s1. The van der Waals surface area contributed by atoms with E-state index >= 15 is 0 Å². The van der Waals surface area contributed by atoms with Gasteiger partial charge in [0.1, 0.15) is 12.1 Å². The average Bonchev–Trinajstić information content (AvgIpc) is 2.96. The van der Waals surface area contributed by atoms with Crippen LogP contribution in [0.2, 0.25) is 0 Å². The largest absolute Gasteiger partial charge is 0.513 e. The van der Waals surface area contributed by atoms with Crippen molar-refractivity contribution in [3.05, 3.63) is 66.2 Å². The van der Waals surface area contributed by atoms with Crippen molar-refractivity contribution in [2.75, 3.05) is 23.0 Å². The van der Waals surface area contributed by atoms with Gasteiger partial charge in [-0.3, -0.25) is 10.1 Å². The third kappa shape index (κ3) is 8.86. The minimum Gasteiger partial charge on any atom is -0.513 e. The molecular weight excluding hydrogens is 568 g/mol. The van der Waals surface area contributed by atoms with Crippen LogP contribution in [0.1, 0.15) is 61.0 Å². The van der Waals surface area contributed by atoms with Crippen molar-refractivity contribution in [1.82, 2.24) is 25.3 Å². The number of carbonyl (C=O) groups is 3. The van der Waals surface area contributed by atoms with E-state index in [0.717, 1.165) is 37.8 Å². The van der Waals surface area contributed by atoms with E-state index < -0.39 is 24.0 Å². The third-order valence-electron chi connectivity index (χ3n) is 6.96. The number of carbonyl (C=O) groups excluding carboxylic acids is 2. The van der Waals surface area contributed by atoms with Gasteiger partial charge in [0.05, 0.1) is 24.2 Å². The van der Waals surface area contributed by atoms with E-state index in [1.165, 1.54) is 0 Å². The molecule has 232 valence electrons. The van der Waals surface area contributed by atoms with Crippen molar-refractivity contribution < 1.29 is 29.3 Å². The highest BCUT2D eigenvalue weighted by atomic mass is 16.6. The number of nitrogens with zero attached hydrogens (tertiary/aromatic N) is 5. The fourth-order valence-electron chi connectivity index (χ4n) is 4.63. The SMILES string of the molecule is C=C(O)CC[C@H](NC(=O)c1ccc(N(C)Cc2cnc3nc(N)nc(NC(=O)OC4/C=C/CCCCC4)c3n2)cc1)C(=O)O. The van der Waals surface area contributed by atoms with E-state index in [1.807, 2.05) is 24.1 Å². The van der Waals surface area contributed by atoms with E-state index in [9.17, 15) is 24.6 Å². The highest BCUT2D eigenvalue weighted by molar-refractivity contribution is 5.97. The summed E-state index contributed by atoms with van der Waals surface area (Å²) in [7, 11) is 1.82. The highest BCUT2D eigenvalue weighted by Crippen LogP contribution is 2.22. The predicted molar refractivity (Wildman–Crippen MR) is 164 cm³/mol. The lowest BCUT2D eigenvalue weighted by Crippen LogP contribution is -2.40. The van der Waals surface area contributed by atoms with E-state index in [1.54, 1.807) is 30.5 Å². The van der Waals surface area contributed by atoms with Gasteiger partial charge in [-0.1, -0.05) is 19.1 Å². The summed E-state index contributed by atoms with van der Waals surface area (Å²) < 4.78 is 5.59. The number of anilines is 3. The van der Waals surface area contributed by atoms with Crippen LogP contribution >= 0.6 is 0 Å². The summed E-state index contributed by atoms with van der Waals surface area (Å²) in [5.41, 5.74) is 7.87. The summed E-state index contributed by atoms with van der Waals surface area (Å²) in [5.74, 6) is -1.90. The Bertz CT molecular complexity index is 1540. The summed E-state index contributed by atoms with van der Waals surface area (Å²) in [6, 6.07) is 5.41. The second kappa shape index (κ2) is 14.8. The molecule has 1 unspecified atom stereocenters. The van der Waals surface area contributed by atoms with Crippen LogP contribution in [0.25, 0.3) is 11.2 Å². The van der Waals surface area contributed by atoms with Crippen LogP contribution in [0, 0.1) is 0 Å². The molecule has 0 radical (unpaired) electrons. The van der Waals surface area contributed by atoms with Crippen molar-refractivity contribution in [3.63, 3.8) is 0 Å². The smallest absolute Gasteiger partial charge is 0.413 e. The molecule has 2 atom stereocenters. The predicted octanol–water partition coefficient (Wildman–Crippen LogP) is 4.11. The number of hydrogen-bond acceptors (Lipinski definition) is 11. The number of aliphatic hydroxyl groups excluding tert-OH is 1. The number of aliphatic carboxylic acids is 1. The summed E-state index contributed by atoms with van der Waals surface area (Å²) >= 11 is 0. The molecule has 0 bridgehead atoms. The normalized spacial score (nSPS) is 16.2. The number of aliphatic hydroxyl groups is 1. The molecule has 1 aromatic carbocycles. The molecule has 0 fully saturated rings. The van der Waals surface area contributed by atoms with Crippen LogP contribution in [0.15, 0.2) is 55.0 Å². The molecule has 3 aromatic rings. The number of hydrogen-bond donors (Lipinski definition) is 5. The van der Waals surface area contributed by atoms with Crippen LogP contribution in [-0.2, 0) is 16.1 Å². The maximum atomic E-state index is 12.7. The molecule has 14 heteroatoms. The van der Waals surface area contributed by atoms with Gasteiger partial charge in [0, 0.05) is 24.7 Å². The zero-order valence-corrected chi connectivity index (χ0v) is 24.4. The molecule has 44 heavy (non-hydrogen) atoms. The fourth-order valence-corrected chi connectivity index (χ4v) is 4.63. The Kier molecular flexibility index (Phi) is 10.6. The molecule has 2 amide bonds. The van der Waals surface area contributed by atoms with E-state index in [2.05, 4.69) is 37.1 Å². The summed E-state index contributed by atoms with van der Waals surface area (Å²) in [5, 5.41) is 23.7. The number of nitrogens with one attached hydrogen (secondary N) is 2. The number of nitrogens with two attached hydrogens (primary N) is 1. The topological polar surface area (TPSA) is 206 Å². The van der Waals surface area contributed by atoms with Crippen LogP contribution < -0.4 is 21.3 Å². The number of amides is 2. The van der Waals surface area contributed by atoms with Crippen molar-refractivity contribution in [3.8, 4) is 0 Å². The van der Waals surface area contributed by atoms with E-state index in [0.29, 0.717) is 12.2 Å². The van der Waals surface area contributed by atoms with Crippen LogP contribution in [0.3, 0.4) is 0 Å². The van der Waals surface area contributed by atoms with Gasteiger partial charge in [-0.05, 0) is 62.4 Å². The Morgan fingerprint density at radius 3 is 2.64 bits per heavy atom. The van der Waals surface area contributed by atoms with Crippen LogP contribution in [0.5, 0.6) is 0 Å². The lowest BCUT2D eigenvalue weighted by atomic mass is 10.0. The van der Waals surface area contributed by atoms with Crippen LogP contribution in [-0.4, -0.2) is 67.3 Å². The Balaban J connectivity index is 1.43. The van der Waals surface area contributed by atoms with Gasteiger partial charge in [0.25, 0.3) is 5.91 Å². The van der Waals surface area contributed by atoms with Crippen molar-refractivity contribution >= 4 is 46.6 Å². The Morgan fingerprint density at radius 1 is 1.14 bits per heavy atom. The molecular formula is C30H36N8O6. The lowest BCUT2D eigenvalue weighted by Gasteiger charge is -2.20. The van der Waals surface area contributed by atoms with Gasteiger partial charge in [-0.15, -0.1) is 0 Å². The van der Waals surface area contributed by atoms with Gasteiger partial charge in [-0.2, -0.15) is 9.97 Å². The van der Waals surface area contributed by atoms with E-state index in [4.69, 9.17) is 10.5 Å². The number of fused-ring (bicyclic) bond motifs is 1. The molecule has 14 nitrogen and oxygen atoms in total. The maximum absolute atomic E-state index is 12.7. The first-order valence-electron chi connectivity index (χ1n) is 14.2. The zero-order valence-electron chi connectivity index (χ0n) is 24.4. The minimum absolute atomic E-state index is 0.0118. The average molecular weight is 605 g/mol. The lowest BCUT2D eigenvalue weighted by molar-refractivity contribution is -0.139. The Hall–Kier alpha value is -5.27. The molecule has 0 saturated carbocycles. The number of carboxylic acid groups (broad SMARTS) is 1. The highest BCUT2D eigenvalue weighted by Gasteiger charge is 2.21. The fraction of sp³-hybridized carbons (Fsp3) is 0.367. The summed E-state index contributed by atoms with van der Waals surface area (Å²) in [6.45, 7) is 3.65. The molecule has 0 saturated heterocycles. The second-order valence-electron chi connectivity index (χ2n) is 10.5. The quantitative estimate of drug-likeness (QED) is 0.155. The molecule has 1 aliphatic rings. The first-order valence-corrected chi connectivity index (χ1v) is 14.2. The molecule has 1 aliphatic carbocycles. The first kappa shape index (κ1) is 31.7. The van der Waals surface area contributed by atoms with Gasteiger partial charge in [-0.25, -0.2) is 19.6 Å². The monoisotopic (exact) mass is 604 g/mol.